The van der Waals surface area contributed by atoms with E-state index in [0.29, 0.717) is 0 Å². The molecule has 0 amide bonds. The molecule has 0 spiro atoms. The highest BCUT2D eigenvalue weighted by Crippen LogP contribution is 2.05. The molecule has 3 nitrogen and oxygen atoms in total. The summed E-state index contributed by atoms with van der Waals surface area (Å²) in [5, 5.41) is 3.31. The summed E-state index contributed by atoms with van der Waals surface area (Å²) < 4.78 is 10.8. The average Bonchev–Trinajstić information content (AvgIpc) is 2.61. The van der Waals surface area contributed by atoms with Gasteiger partial charge in [-0.05, 0) is 32.9 Å². The Morgan fingerprint density at radius 1 is 1.33 bits per heavy atom. The minimum absolute atomic E-state index is 0.0390. The molecule has 1 aromatic heterocycles. The van der Waals surface area contributed by atoms with Crippen molar-refractivity contribution in [1.82, 2.24) is 5.32 Å². The fraction of sp³-hybridized carbons (Fsp3) is 0.667. The number of furan rings is 1. The second-order valence-corrected chi connectivity index (χ2v) is 4.54. The number of nitrogens with one attached hydrogen (secondary N) is 1. The second-order valence-electron chi connectivity index (χ2n) is 4.54. The van der Waals surface area contributed by atoms with Gasteiger partial charge in [-0.2, -0.15) is 0 Å². The van der Waals surface area contributed by atoms with Crippen molar-refractivity contribution in [3.8, 4) is 0 Å². The Balaban J connectivity index is 1.94. The number of rotatable bonds is 6. The lowest BCUT2D eigenvalue weighted by Gasteiger charge is -2.19. The summed E-state index contributed by atoms with van der Waals surface area (Å²) in [6.07, 6.45) is 2.64. The monoisotopic (exact) mass is 211 g/mol. The van der Waals surface area contributed by atoms with Crippen LogP contribution >= 0.6 is 0 Å². The van der Waals surface area contributed by atoms with Crippen LogP contribution in [-0.2, 0) is 11.2 Å². The van der Waals surface area contributed by atoms with Gasteiger partial charge in [-0.3, -0.25) is 0 Å². The van der Waals surface area contributed by atoms with Gasteiger partial charge < -0.3 is 14.5 Å². The van der Waals surface area contributed by atoms with E-state index in [1.54, 1.807) is 6.26 Å². The molecule has 0 bridgehead atoms. The van der Waals surface area contributed by atoms with Crippen LogP contribution in [0.25, 0.3) is 0 Å². The Morgan fingerprint density at radius 2 is 2.13 bits per heavy atom. The quantitative estimate of drug-likeness (QED) is 0.733. The number of ether oxygens (including phenoxy) is 1. The molecular weight excluding hydrogens is 190 g/mol. The summed E-state index contributed by atoms with van der Waals surface area (Å²) in [7, 11) is 0. The molecule has 0 fully saturated rings. The van der Waals surface area contributed by atoms with Crippen LogP contribution in [0.15, 0.2) is 22.8 Å². The van der Waals surface area contributed by atoms with E-state index in [2.05, 4.69) is 26.1 Å². The van der Waals surface area contributed by atoms with E-state index in [9.17, 15) is 0 Å². The number of hydrogen-bond donors (Lipinski definition) is 1. The van der Waals surface area contributed by atoms with Crippen molar-refractivity contribution >= 4 is 0 Å². The molecule has 0 aromatic carbocycles. The molecule has 1 heterocycles. The largest absolute Gasteiger partial charge is 0.469 e. The van der Waals surface area contributed by atoms with Crippen molar-refractivity contribution in [2.45, 2.75) is 32.8 Å². The van der Waals surface area contributed by atoms with Crippen LogP contribution in [0.5, 0.6) is 0 Å². The van der Waals surface area contributed by atoms with Crippen molar-refractivity contribution < 1.29 is 9.15 Å². The van der Waals surface area contributed by atoms with Crippen molar-refractivity contribution in [2.24, 2.45) is 0 Å². The van der Waals surface area contributed by atoms with Gasteiger partial charge in [0.15, 0.2) is 0 Å². The molecule has 0 aliphatic rings. The maximum absolute atomic E-state index is 5.58. The first-order chi connectivity index (χ1) is 7.08. The highest BCUT2D eigenvalue weighted by atomic mass is 16.5. The van der Waals surface area contributed by atoms with Gasteiger partial charge in [0.05, 0.1) is 18.5 Å². The predicted molar refractivity (Wildman–Crippen MR) is 61.0 cm³/mol. The highest BCUT2D eigenvalue weighted by Gasteiger charge is 2.08. The van der Waals surface area contributed by atoms with Crippen LogP contribution in [0, 0.1) is 0 Å². The Hall–Kier alpha value is -0.800. The molecule has 1 rings (SSSR count). The van der Waals surface area contributed by atoms with E-state index in [1.165, 1.54) is 0 Å². The van der Waals surface area contributed by atoms with Crippen LogP contribution in [-0.4, -0.2) is 25.3 Å². The molecule has 0 aliphatic heterocycles. The van der Waals surface area contributed by atoms with Crippen molar-refractivity contribution in [2.75, 3.05) is 19.7 Å². The standard InChI is InChI=1S/C12H21NO2/c1-12(2,3)15-10-8-13-7-6-11-5-4-9-14-11/h4-5,9,13H,6-8,10H2,1-3H3. The molecule has 0 atom stereocenters. The predicted octanol–water partition coefficient (Wildman–Crippen LogP) is 2.23. The minimum Gasteiger partial charge on any atom is -0.469 e. The van der Waals surface area contributed by atoms with Gasteiger partial charge in [0.2, 0.25) is 0 Å². The third kappa shape index (κ3) is 6.31. The van der Waals surface area contributed by atoms with E-state index in [4.69, 9.17) is 9.15 Å². The zero-order valence-electron chi connectivity index (χ0n) is 9.88. The van der Waals surface area contributed by atoms with Gasteiger partial charge in [-0.25, -0.2) is 0 Å². The van der Waals surface area contributed by atoms with E-state index < -0.39 is 0 Å². The van der Waals surface area contributed by atoms with Crippen LogP contribution in [0.1, 0.15) is 26.5 Å². The molecule has 86 valence electrons. The lowest BCUT2D eigenvalue weighted by molar-refractivity contribution is -0.000733. The first-order valence-electron chi connectivity index (χ1n) is 5.45. The van der Waals surface area contributed by atoms with Gasteiger partial charge in [-0.1, -0.05) is 0 Å². The molecule has 0 unspecified atom stereocenters. The van der Waals surface area contributed by atoms with Gasteiger partial charge in [-0.15, -0.1) is 0 Å². The third-order valence-electron chi connectivity index (χ3n) is 1.94. The smallest absolute Gasteiger partial charge is 0.105 e. The maximum atomic E-state index is 5.58. The fourth-order valence-electron chi connectivity index (χ4n) is 1.22. The van der Waals surface area contributed by atoms with Gasteiger partial charge >= 0.3 is 0 Å². The molecule has 3 heteroatoms. The highest BCUT2D eigenvalue weighted by molar-refractivity contribution is 4.98. The summed E-state index contributed by atoms with van der Waals surface area (Å²) >= 11 is 0. The fourth-order valence-corrected chi connectivity index (χ4v) is 1.22. The minimum atomic E-state index is -0.0390. The maximum Gasteiger partial charge on any atom is 0.105 e. The average molecular weight is 211 g/mol. The Bertz CT molecular complexity index is 249. The van der Waals surface area contributed by atoms with Crippen molar-refractivity contribution in [3.05, 3.63) is 24.2 Å². The van der Waals surface area contributed by atoms with E-state index in [0.717, 1.165) is 31.9 Å². The Morgan fingerprint density at radius 3 is 2.73 bits per heavy atom. The lowest BCUT2D eigenvalue weighted by atomic mass is 10.2. The zero-order chi connectivity index (χ0) is 11.1. The molecule has 1 N–H and O–H groups in total. The normalized spacial score (nSPS) is 11.9. The van der Waals surface area contributed by atoms with Gasteiger partial charge in [0.1, 0.15) is 5.76 Å². The van der Waals surface area contributed by atoms with Crippen LogP contribution in [0.2, 0.25) is 0 Å². The Kier molecular flexibility index (Phi) is 4.85. The second kappa shape index (κ2) is 5.93. The summed E-state index contributed by atoms with van der Waals surface area (Å²) in [5.74, 6) is 1.03. The topological polar surface area (TPSA) is 34.4 Å². The summed E-state index contributed by atoms with van der Waals surface area (Å²) in [5.41, 5.74) is -0.0390. The van der Waals surface area contributed by atoms with Crippen LogP contribution < -0.4 is 5.32 Å². The van der Waals surface area contributed by atoms with Gasteiger partial charge in [0, 0.05) is 19.5 Å². The SMILES string of the molecule is CC(C)(C)OCCNCCc1ccco1. The van der Waals surface area contributed by atoms with Crippen LogP contribution in [0.3, 0.4) is 0 Å². The molecular formula is C12H21NO2. The molecule has 15 heavy (non-hydrogen) atoms. The third-order valence-corrected chi connectivity index (χ3v) is 1.94. The Labute approximate surface area is 91.8 Å². The van der Waals surface area contributed by atoms with E-state index in [1.807, 2.05) is 12.1 Å². The molecule has 1 aromatic rings. The van der Waals surface area contributed by atoms with Crippen LogP contribution in [0.4, 0.5) is 0 Å². The molecule has 0 aliphatic carbocycles. The molecule has 0 saturated carbocycles. The summed E-state index contributed by atoms with van der Waals surface area (Å²) in [6, 6.07) is 3.91. The van der Waals surface area contributed by atoms with E-state index in [-0.39, 0.29) is 5.60 Å². The van der Waals surface area contributed by atoms with Gasteiger partial charge in [0.25, 0.3) is 0 Å². The van der Waals surface area contributed by atoms with Crippen molar-refractivity contribution in [3.63, 3.8) is 0 Å². The zero-order valence-corrected chi connectivity index (χ0v) is 9.88. The summed E-state index contributed by atoms with van der Waals surface area (Å²) in [6.45, 7) is 8.77. The molecule has 0 radical (unpaired) electrons. The first kappa shape index (κ1) is 12.3. The van der Waals surface area contributed by atoms with E-state index >= 15 is 0 Å². The number of hydrogen-bond acceptors (Lipinski definition) is 3. The first-order valence-corrected chi connectivity index (χ1v) is 5.45. The van der Waals surface area contributed by atoms with Crippen molar-refractivity contribution in [1.29, 1.82) is 0 Å². The summed E-state index contributed by atoms with van der Waals surface area (Å²) in [4.78, 5) is 0. The lowest BCUT2D eigenvalue weighted by Crippen LogP contribution is -2.27. The molecule has 0 saturated heterocycles.